The SMILES string of the molecule is O=C(Cc1nccs1)Cc1ccc(Cl)cc1C(=O)c1ccccc1Cl. The van der Waals surface area contributed by atoms with Gasteiger partial charge in [-0.15, -0.1) is 11.3 Å². The van der Waals surface area contributed by atoms with Crippen molar-refractivity contribution in [1.29, 1.82) is 0 Å². The predicted octanol–water partition coefficient (Wildman–Crippen LogP) is 5.04. The predicted molar refractivity (Wildman–Crippen MR) is 101 cm³/mol. The third kappa shape index (κ3) is 4.34. The van der Waals surface area contributed by atoms with E-state index in [2.05, 4.69) is 4.98 Å². The number of carbonyl (C=O) groups excluding carboxylic acids is 2. The Morgan fingerprint density at radius 1 is 1.00 bits per heavy atom. The van der Waals surface area contributed by atoms with Gasteiger partial charge >= 0.3 is 0 Å². The van der Waals surface area contributed by atoms with Crippen molar-refractivity contribution in [2.75, 3.05) is 0 Å². The van der Waals surface area contributed by atoms with Crippen LogP contribution in [0.2, 0.25) is 10.0 Å². The number of hydrogen-bond acceptors (Lipinski definition) is 4. The molecule has 1 heterocycles. The lowest BCUT2D eigenvalue weighted by atomic mass is 9.95. The molecule has 0 N–H and O–H groups in total. The van der Waals surface area contributed by atoms with Crippen molar-refractivity contribution < 1.29 is 9.59 Å². The zero-order chi connectivity index (χ0) is 17.8. The van der Waals surface area contributed by atoms with E-state index < -0.39 is 0 Å². The summed E-state index contributed by atoms with van der Waals surface area (Å²) in [5.74, 6) is -0.254. The van der Waals surface area contributed by atoms with Crippen LogP contribution in [-0.4, -0.2) is 16.6 Å². The number of aromatic nitrogens is 1. The highest BCUT2D eigenvalue weighted by atomic mass is 35.5. The Kier molecular flexibility index (Phi) is 5.63. The minimum absolute atomic E-state index is 0.00881. The number of hydrogen-bond donors (Lipinski definition) is 0. The third-order valence-corrected chi connectivity index (χ3v) is 5.00. The van der Waals surface area contributed by atoms with E-state index in [4.69, 9.17) is 23.2 Å². The molecule has 3 nitrogen and oxygen atoms in total. The lowest BCUT2D eigenvalue weighted by Gasteiger charge is -2.10. The van der Waals surface area contributed by atoms with Gasteiger partial charge in [0.1, 0.15) is 5.78 Å². The van der Waals surface area contributed by atoms with Gasteiger partial charge in [-0.1, -0.05) is 41.4 Å². The van der Waals surface area contributed by atoms with Crippen molar-refractivity contribution >= 4 is 46.1 Å². The Balaban J connectivity index is 1.89. The van der Waals surface area contributed by atoms with Crippen LogP contribution in [0.3, 0.4) is 0 Å². The lowest BCUT2D eigenvalue weighted by Crippen LogP contribution is -2.12. The van der Waals surface area contributed by atoms with Crippen LogP contribution in [0.4, 0.5) is 0 Å². The minimum Gasteiger partial charge on any atom is -0.299 e. The van der Waals surface area contributed by atoms with Gasteiger partial charge in [-0.2, -0.15) is 0 Å². The van der Waals surface area contributed by atoms with Crippen molar-refractivity contribution in [2.45, 2.75) is 12.8 Å². The van der Waals surface area contributed by atoms with Crippen molar-refractivity contribution in [3.8, 4) is 0 Å². The van der Waals surface area contributed by atoms with Gasteiger partial charge in [0, 0.05) is 34.1 Å². The zero-order valence-electron chi connectivity index (χ0n) is 13.0. The number of halogens is 2. The second-order valence-corrected chi connectivity index (χ2v) is 7.25. The highest BCUT2D eigenvalue weighted by molar-refractivity contribution is 7.09. The smallest absolute Gasteiger partial charge is 0.194 e. The highest BCUT2D eigenvalue weighted by Crippen LogP contribution is 2.24. The maximum absolute atomic E-state index is 12.9. The summed E-state index contributed by atoms with van der Waals surface area (Å²) in [4.78, 5) is 29.3. The quantitative estimate of drug-likeness (QED) is 0.555. The number of thiazole rings is 1. The molecule has 0 bridgehead atoms. The second-order valence-electron chi connectivity index (χ2n) is 5.43. The molecule has 0 amide bonds. The summed E-state index contributed by atoms with van der Waals surface area (Å²) in [5.41, 5.74) is 1.42. The van der Waals surface area contributed by atoms with Crippen molar-refractivity contribution in [3.05, 3.63) is 85.8 Å². The summed E-state index contributed by atoms with van der Waals surface area (Å²) in [5, 5.41) is 3.40. The second kappa shape index (κ2) is 7.91. The minimum atomic E-state index is -0.245. The van der Waals surface area contributed by atoms with Crippen LogP contribution in [0.1, 0.15) is 26.5 Å². The van der Waals surface area contributed by atoms with Crippen LogP contribution in [0.25, 0.3) is 0 Å². The van der Waals surface area contributed by atoms with Crippen molar-refractivity contribution in [3.63, 3.8) is 0 Å². The first-order valence-corrected chi connectivity index (χ1v) is 9.16. The van der Waals surface area contributed by atoms with Gasteiger partial charge in [0.15, 0.2) is 5.78 Å². The maximum atomic E-state index is 12.9. The van der Waals surface area contributed by atoms with E-state index >= 15 is 0 Å². The Hall–Kier alpha value is -2.01. The summed E-state index contributed by atoms with van der Waals surface area (Å²) in [6.45, 7) is 0. The first-order valence-electron chi connectivity index (χ1n) is 7.52. The van der Waals surface area contributed by atoms with Crippen molar-refractivity contribution in [1.82, 2.24) is 4.98 Å². The summed E-state index contributed by atoms with van der Waals surface area (Å²) >= 11 is 13.6. The topological polar surface area (TPSA) is 47.0 Å². The van der Waals surface area contributed by atoms with Crippen LogP contribution in [0, 0.1) is 0 Å². The number of rotatable bonds is 6. The average Bonchev–Trinajstić information content (AvgIpc) is 3.09. The van der Waals surface area contributed by atoms with E-state index in [0.717, 1.165) is 5.01 Å². The molecule has 0 aliphatic rings. The number of benzene rings is 2. The molecule has 0 atom stereocenters. The number of Topliss-reactive ketones (excluding diaryl/α,β-unsaturated/α-hetero) is 1. The van der Waals surface area contributed by atoms with E-state index in [1.54, 1.807) is 48.7 Å². The Bertz CT molecular complexity index is 923. The van der Waals surface area contributed by atoms with Gasteiger partial charge in [0.2, 0.25) is 0 Å². The fourth-order valence-electron chi connectivity index (χ4n) is 2.49. The summed E-state index contributed by atoms with van der Waals surface area (Å²) in [6, 6.07) is 11.8. The zero-order valence-corrected chi connectivity index (χ0v) is 15.4. The van der Waals surface area contributed by atoms with Crippen LogP contribution in [-0.2, 0) is 17.6 Å². The van der Waals surface area contributed by atoms with Gasteiger partial charge in [0.25, 0.3) is 0 Å². The van der Waals surface area contributed by atoms with E-state index in [9.17, 15) is 9.59 Å². The van der Waals surface area contributed by atoms with E-state index in [1.165, 1.54) is 11.3 Å². The molecular weight excluding hydrogens is 377 g/mol. The van der Waals surface area contributed by atoms with Gasteiger partial charge < -0.3 is 0 Å². The molecule has 0 saturated carbocycles. The van der Waals surface area contributed by atoms with Gasteiger partial charge in [0.05, 0.1) is 16.5 Å². The first kappa shape index (κ1) is 17.8. The normalized spacial score (nSPS) is 10.6. The Morgan fingerprint density at radius 2 is 1.80 bits per heavy atom. The lowest BCUT2D eigenvalue weighted by molar-refractivity contribution is -0.117. The van der Waals surface area contributed by atoms with Gasteiger partial charge in [-0.25, -0.2) is 4.98 Å². The molecule has 0 spiro atoms. The summed E-state index contributed by atoms with van der Waals surface area (Å²) in [7, 11) is 0. The standard InChI is InChI=1S/C19H13Cl2NO2S/c20-13-6-5-12(9-14(23)11-18-22-7-8-25-18)16(10-13)19(24)15-3-1-2-4-17(15)21/h1-8,10H,9,11H2. The van der Waals surface area contributed by atoms with E-state index in [1.807, 2.05) is 5.38 Å². The maximum Gasteiger partial charge on any atom is 0.194 e. The molecule has 0 aliphatic carbocycles. The molecule has 6 heteroatoms. The molecule has 3 rings (SSSR count). The van der Waals surface area contributed by atoms with Crippen LogP contribution < -0.4 is 0 Å². The monoisotopic (exact) mass is 389 g/mol. The number of nitrogens with zero attached hydrogens (tertiary/aromatic N) is 1. The molecule has 1 aromatic heterocycles. The average molecular weight is 390 g/mol. The molecule has 2 aromatic carbocycles. The molecule has 0 fully saturated rings. The van der Waals surface area contributed by atoms with E-state index in [0.29, 0.717) is 26.7 Å². The molecule has 0 unspecified atom stereocenters. The first-order chi connectivity index (χ1) is 12.0. The fraction of sp³-hybridized carbons (Fsp3) is 0.105. The van der Waals surface area contributed by atoms with Gasteiger partial charge in [-0.3, -0.25) is 9.59 Å². The number of carbonyl (C=O) groups is 2. The Labute approximate surface area is 159 Å². The van der Waals surface area contributed by atoms with E-state index in [-0.39, 0.29) is 24.4 Å². The molecule has 0 saturated heterocycles. The van der Waals surface area contributed by atoms with Crippen LogP contribution >= 0.6 is 34.5 Å². The fourth-order valence-corrected chi connectivity index (χ4v) is 3.53. The largest absolute Gasteiger partial charge is 0.299 e. The molecular formula is C19H13Cl2NO2S. The highest BCUT2D eigenvalue weighted by Gasteiger charge is 2.18. The third-order valence-electron chi connectivity index (χ3n) is 3.65. The molecule has 0 aliphatic heterocycles. The summed E-state index contributed by atoms with van der Waals surface area (Å²) in [6.07, 6.45) is 2.06. The molecule has 0 radical (unpaired) electrons. The summed E-state index contributed by atoms with van der Waals surface area (Å²) < 4.78 is 0. The Morgan fingerprint density at radius 3 is 2.52 bits per heavy atom. The molecule has 25 heavy (non-hydrogen) atoms. The van der Waals surface area contributed by atoms with Gasteiger partial charge in [-0.05, 0) is 29.8 Å². The molecule has 3 aromatic rings. The van der Waals surface area contributed by atoms with Crippen LogP contribution in [0.15, 0.2) is 54.0 Å². The molecule has 126 valence electrons. The van der Waals surface area contributed by atoms with Crippen LogP contribution in [0.5, 0.6) is 0 Å². The van der Waals surface area contributed by atoms with Crippen molar-refractivity contribution in [2.24, 2.45) is 0 Å². The number of ketones is 2.